The first-order valence-corrected chi connectivity index (χ1v) is 5.15. The number of carbonyl (C=O) groups is 1. The van der Waals surface area contributed by atoms with Gasteiger partial charge in [0.15, 0.2) is 0 Å². The van der Waals surface area contributed by atoms with E-state index in [0.29, 0.717) is 0 Å². The molecule has 0 radical (unpaired) electrons. The van der Waals surface area contributed by atoms with Crippen molar-refractivity contribution < 1.29 is 4.79 Å². The SMILES string of the molecule is C#CCNC(=O)CNc1c(C)cccc1C. The molecular weight excluding hydrogens is 200 g/mol. The zero-order valence-corrected chi connectivity index (χ0v) is 9.63. The van der Waals surface area contributed by atoms with E-state index >= 15 is 0 Å². The molecule has 1 aromatic carbocycles. The second-order valence-corrected chi connectivity index (χ2v) is 3.60. The lowest BCUT2D eigenvalue weighted by molar-refractivity contribution is -0.119. The minimum absolute atomic E-state index is 0.0967. The molecule has 1 aromatic rings. The summed E-state index contributed by atoms with van der Waals surface area (Å²) in [4.78, 5) is 11.3. The standard InChI is InChI=1S/C13H16N2O/c1-4-8-14-12(16)9-15-13-10(2)6-5-7-11(13)3/h1,5-7,15H,8-9H2,2-3H3,(H,14,16). The van der Waals surface area contributed by atoms with Crippen LogP contribution >= 0.6 is 0 Å². The number of rotatable bonds is 4. The van der Waals surface area contributed by atoms with Gasteiger partial charge in [0.2, 0.25) is 5.91 Å². The molecule has 0 aliphatic heterocycles. The molecule has 0 atom stereocenters. The molecule has 0 aromatic heterocycles. The maximum absolute atomic E-state index is 11.3. The molecule has 3 nitrogen and oxygen atoms in total. The number of amides is 1. The number of aryl methyl sites for hydroxylation is 2. The van der Waals surface area contributed by atoms with Crippen LogP contribution < -0.4 is 10.6 Å². The third-order valence-electron chi connectivity index (χ3n) is 2.29. The lowest BCUT2D eigenvalue weighted by atomic mass is 10.1. The third-order valence-corrected chi connectivity index (χ3v) is 2.29. The Hall–Kier alpha value is -1.95. The highest BCUT2D eigenvalue weighted by Crippen LogP contribution is 2.18. The molecule has 0 unspecified atom stereocenters. The summed E-state index contributed by atoms with van der Waals surface area (Å²) >= 11 is 0. The molecule has 3 heteroatoms. The van der Waals surface area contributed by atoms with Gasteiger partial charge >= 0.3 is 0 Å². The molecule has 0 saturated heterocycles. The lowest BCUT2D eigenvalue weighted by Crippen LogP contribution is -2.30. The first-order chi connectivity index (χ1) is 7.65. The third kappa shape index (κ3) is 3.32. The van der Waals surface area contributed by atoms with Crippen molar-refractivity contribution in [2.24, 2.45) is 0 Å². The minimum atomic E-state index is -0.0967. The van der Waals surface area contributed by atoms with Crippen LogP contribution in [0.3, 0.4) is 0 Å². The fourth-order valence-electron chi connectivity index (χ4n) is 1.47. The van der Waals surface area contributed by atoms with Crippen molar-refractivity contribution in [3.05, 3.63) is 29.3 Å². The highest BCUT2D eigenvalue weighted by molar-refractivity contribution is 5.81. The van der Waals surface area contributed by atoms with Crippen LogP contribution in [0, 0.1) is 26.2 Å². The Kier molecular flexibility index (Phi) is 4.41. The van der Waals surface area contributed by atoms with Crippen LogP contribution in [0.25, 0.3) is 0 Å². The van der Waals surface area contributed by atoms with Gasteiger partial charge in [-0.1, -0.05) is 24.1 Å². The van der Waals surface area contributed by atoms with Gasteiger partial charge in [-0.25, -0.2) is 0 Å². The zero-order chi connectivity index (χ0) is 12.0. The van der Waals surface area contributed by atoms with Crippen LogP contribution in [0.5, 0.6) is 0 Å². The number of terminal acetylenes is 1. The number of hydrogen-bond acceptors (Lipinski definition) is 2. The van der Waals surface area contributed by atoms with E-state index in [-0.39, 0.29) is 19.0 Å². The summed E-state index contributed by atoms with van der Waals surface area (Å²) in [5.74, 6) is 2.26. The van der Waals surface area contributed by atoms with Crippen LogP contribution in [0.2, 0.25) is 0 Å². The quantitative estimate of drug-likeness (QED) is 0.748. The molecule has 84 valence electrons. The largest absolute Gasteiger partial charge is 0.376 e. The number of hydrogen-bond donors (Lipinski definition) is 2. The maximum atomic E-state index is 11.3. The summed E-state index contributed by atoms with van der Waals surface area (Å²) in [6, 6.07) is 6.01. The molecule has 0 heterocycles. The Morgan fingerprint density at radius 2 is 2.00 bits per heavy atom. The number of para-hydroxylation sites is 1. The average Bonchev–Trinajstić information content (AvgIpc) is 2.25. The predicted molar refractivity (Wildman–Crippen MR) is 66.2 cm³/mol. The first kappa shape index (κ1) is 12.1. The van der Waals surface area contributed by atoms with Gasteiger partial charge in [-0.15, -0.1) is 6.42 Å². The Labute approximate surface area is 96.2 Å². The summed E-state index contributed by atoms with van der Waals surface area (Å²) in [5, 5.41) is 5.71. The average molecular weight is 216 g/mol. The highest BCUT2D eigenvalue weighted by atomic mass is 16.1. The molecule has 0 aliphatic rings. The number of anilines is 1. The molecule has 0 fully saturated rings. The first-order valence-electron chi connectivity index (χ1n) is 5.15. The van der Waals surface area contributed by atoms with Crippen molar-refractivity contribution in [3.8, 4) is 12.3 Å². The fraction of sp³-hybridized carbons (Fsp3) is 0.308. The molecule has 0 spiro atoms. The van der Waals surface area contributed by atoms with Crippen LogP contribution in [0.15, 0.2) is 18.2 Å². The maximum Gasteiger partial charge on any atom is 0.240 e. The topological polar surface area (TPSA) is 41.1 Å². The van der Waals surface area contributed by atoms with Crippen molar-refractivity contribution in [2.75, 3.05) is 18.4 Å². The van der Waals surface area contributed by atoms with E-state index in [4.69, 9.17) is 6.42 Å². The van der Waals surface area contributed by atoms with Gasteiger partial charge in [0, 0.05) is 5.69 Å². The van der Waals surface area contributed by atoms with Crippen LogP contribution in [-0.4, -0.2) is 19.0 Å². The summed E-state index contributed by atoms with van der Waals surface area (Å²) in [6.07, 6.45) is 5.05. The Bertz CT molecular complexity index is 398. The normalized spacial score (nSPS) is 9.31. The smallest absolute Gasteiger partial charge is 0.240 e. The van der Waals surface area contributed by atoms with Crippen molar-refractivity contribution in [3.63, 3.8) is 0 Å². The Morgan fingerprint density at radius 1 is 1.38 bits per heavy atom. The zero-order valence-electron chi connectivity index (χ0n) is 9.63. The number of nitrogens with one attached hydrogen (secondary N) is 2. The van der Waals surface area contributed by atoms with E-state index in [1.165, 1.54) is 0 Å². The van der Waals surface area contributed by atoms with E-state index in [1.54, 1.807) is 0 Å². The summed E-state index contributed by atoms with van der Waals surface area (Å²) in [5.41, 5.74) is 3.27. The molecule has 1 amide bonds. The fourth-order valence-corrected chi connectivity index (χ4v) is 1.47. The molecule has 2 N–H and O–H groups in total. The van der Waals surface area contributed by atoms with Crippen molar-refractivity contribution >= 4 is 11.6 Å². The van der Waals surface area contributed by atoms with Gasteiger partial charge in [0.05, 0.1) is 13.1 Å². The van der Waals surface area contributed by atoms with Crippen molar-refractivity contribution in [2.45, 2.75) is 13.8 Å². The van der Waals surface area contributed by atoms with E-state index in [9.17, 15) is 4.79 Å². The van der Waals surface area contributed by atoms with Crippen LogP contribution in [0.4, 0.5) is 5.69 Å². The Balaban J connectivity index is 2.55. The second kappa shape index (κ2) is 5.82. The minimum Gasteiger partial charge on any atom is -0.376 e. The van der Waals surface area contributed by atoms with Gasteiger partial charge in [0.1, 0.15) is 0 Å². The highest BCUT2D eigenvalue weighted by Gasteiger charge is 2.03. The summed E-state index contributed by atoms with van der Waals surface area (Å²) in [7, 11) is 0. The number of benzene rings is 1. The molecule has 0 bridgehead atoms. The van der Waals surface area contributed by atoms with E-state index in [2.05, 4.69) is 16.6 Å². The van der Waals surface area contributed by atoms with Gasteiger partial charge in [0.25, 0.3) is 0 Å². The predicted octanol–water partition coefficient (Wildman–Crippen LogP) is 1.46. The van der Waals surface area contributed by atoms with Crippen LogP contribution in [-0.2, 0) is 4.79 Å². The second-order valence-electron chi connectivity index (χ2n) is 3.60. The lowest BCUT2D eigenvalue weighted by Gasteiger charge is -2.11. The van der Waals surface area contributed by atoms with Gasteiger partial charge in [-0.2, -0.15) is 0 Å². The van der Waals surface area contributed by atoms with Crippen molar-refractivity contribution in [1.82, 2.24) is 5.32 Å². The van der Waals surface area contributed by atoms with Gasteiger partial charge in [-0.3, -0.25) is 4.79 Å². The Morgan fingerprint density at radius 3 is 2.56 bits per heavy atom. The van der Waals surface area contributed by atoms with E-state index < -0.39 is 0 Å². The van der Waals surface area contributed by atoms with Gasteiger partial charge < -0.3 is 10.6 Å². The van der Waals surface area contributed by atoms with E-state index in [1.807, 2.05) is 32.0 Å². The summed E-state index contributed by atoms with van der Waals surface area (Å²) in [6.45, 7) is 4.53. The monoisotopic (exact) mass is 216 g/mol. The molecule has 1 rings (SSSR count). The molecule has 16 heavy (non-hydrogen) atoms. The number of carbonyl (C=O) groups excluding carboxylic acids is 1. The molecular formula is C13H16N2O. The molecule has 0 saturated carbocycles. The van der Waals surface area contributed by atoms with E-state index in [0.717, 1.165) is 16.8 Å². The van der Waals surface area contributed by atoms with Gasteiger partial charge in [-0.05, 0) is 25.0 Å². The van der Waals surface area contributed by atoms with Crippen LogP contribution in [0.1, 0.15) is 11.1 Å². The summed E-state index contributed by atoms with van der Waals surface area (Å²) < 4.78 is 0. The van der Waals surface area contributed by atoms with Crippen molar-refractivity contribution in [1.29, 1.82) is 0 Å². The molecule has 0 aliphatic carbocycles.